The summed E-state index contributed by atoms with van der Waals surface area (Å²) in [7, 11) is 1.46. The lowest BCUT2D eigenvalue weighted by molar-refractivity contribution is -0.148. The van der Waals surface area contributed by atoms with E-state index in [1.54, 1.807) is 0 Å². The predicted octanol–water partition coefficient (Wildman–Crippen LogP) is -6.48. The zero-order chi connectivity index (χ0) is 95.1. The molecule has 0 spiro atoms. The zero-order valence-corrected chi connectivity index (χ0v) is 74.2. The second-order valence-electron chi connectivity index (χ2n) is 32.7. The van der Waals surface area contributed by atoms with Crippen LogP contribution in [-0.2, 0) is 107 Å². The van der Waals surface area contributed by atoms with Crippen molar-refractivity contribution >= 4 is 128 Å². The molecular weight excluding hydrogens is 1750 g/mol. The molecule has 0 radical (unpaired) electrons. The molecular formula is C84H118N24O21S2. The quantitative estimate of drug-likeness (QED) is 0.0151. The third kappa shape index (κ3) is 30.1. The molecule has 5 aliphatic rings. The Bertz CT molecular complexity index is 4710. The van der Waals surface area contributed by atoms with Crippen molar-refractivity contribution in [3.8, 4) is 17.2 Å². The molecule has 6 heterocycles. The molecule has 47 heteroatoms. The van der Waals surface area contributed by atoms with E-state index < -0.39 is 247 Å². The summed E-state index contributed by atoms with van der Waals surface area (Å²) in [5, 5.41) is 86.4. The van der Waals surface area contributed by atoms with Crippen LogP contribution in [0.1, 0.15) is 126 Å². The SMILES string of the molecule is C[C@@H]1NC(=O)C(Cc2cnc[nH]2)NC(=O)[C@H](Cc2ccc(O)cc2)NC(=O)[C@@H]2CCCN2C(=O)[C@H]2CCCN2C(=O)[C@H](CCCCN)NC(=O)[C@H](CCC(N)=O)NC(=O)C(Cc2ccc(O)cc2)NC(=O)[C@@H]2CSSC[C@H](NC1=O)C(=O)N[C@@H](CO)C(=O)N[C@@H](C)C(=O)N1CCC[C@@H]1C(=O)N[C@@H](CCN)C(=O)N[C@@H](CCCNC(=N)N)C(=O)N[C@@H](Cc1ccc(O)cc1)C(=O)N2. The lowest BCUT2D eigenvalue weighted by Crippen LogP contribution is -2.62. The number of carbonyl (C=O) groups excluding carboxylic acids is 17. The molecule has 4 aromatic rings. The first kappa shape index (κ1) is 102. The second kappa shape index (κ2) is 49.8. The lowest BCUT2D eigenvalue weighted by Gasteiger charge is -2.34. The van der Waals surface area contributed by atoms with Gasteiger partial charge in [-0.15, -0.1) is 0 Å². The maximum atomic E-state index is 15.7. The number of imidazole rings is 1. The van der Waals surface area contributed by atoms with Gasteiger partial charge in [-0.05, 0) is 163 Å². The van der Waals surface area contributed by atoms with Gasteiger partial charge in [-0.3, -0.25) is 86.9 Å². The van der Waals surface area contributed by atoms with Crippen molar-refractivity contribution in [1.29, 1.82) is 5.41 Å². The molecule has 2 bridgehead atoms. The van der Waals surface area contributed by atoms with Gasteiger partial charge in [0.1, 0.15) is 114 Å². The number of nitrogens with zero attached hydrogens (tertiary/aromatic N) is 4. The Labute approximate surface area is 762 Å². The molecule has 5 fully saturated rings. The fraction of sp³-hybridized carbons (Fsp3) is 0.536. The maximum Gasteiger partial charge on any atom is 0.246 e. The number of aromatic nitrogens is 2. The molecule has 131 heavy (non-hydrogen) atoms. The molecule has 16 atom stereocenters. The molecule has 0 saturated carbocycles. The molecule has 5 aliphatic heterocycles. The molecule has 2 unspecified atom stereocenters. The Morgan fingerprint density at radius 1 is 0.420 bits per heavy atom. The Morgan fingerprint density at radius 3 is 1.27 bits per heavy atom. The van der Waals surface area contributed by atoms with Crippen LogP contribution in [0.5, 0.6) is 17.2 Å². The van der Waals surface area contributed by atoms with Crippen LogP contribution in [0, 0.1) is 5.41 Å². The van der Waals surface area contributed by atoms with Gasteiger partial charge in [-0.1, -0.05) is 58.0 Å². The minimum atomic E-state index is -1.92. The van der Waals surface area contributed by atoms with E-state index in [4.69, 9.17) is 28.3 Å². The number of primary amides is 1. The number of amides is 17. The average molecular weight is 1860 g/mol. The standard InChI is InChI=1S/C84H118N24O21S2/c1-44-68(114)104-62-41-130-131-42-63(105-75(121)58(36-47-16-22-51(111)23-17-47)99-69(115)53(10-5-31-91-84(88)89)95-71(117)55(28-30-86)97-79(125)64-11-6-32-106(64)81(127)45(2)94-76(122)61(40-109)103-78(62)124)77(123)100-57(35-46-14-20-50(110)21-15-46)73(119)96-54(26-27-67(87)113)70(116)98-56(9-3-4-29-85)82(128)108-34-8-13-66(108)83(129)107-33-7-12-65(107)80(126)102-59(37-48-18-24-52(112)25-19-48)74(120)101-60(72(118)93-44)38-49-39-90-43-92-49/h14-25,39,43-45,53-66,109-112H,3-13,26-38,40-42,85-86H2,1-2H3,(H2,87,113)(H,90,92)(H,93,118)(H,94,122)(H,95,117)(H,96,119)(H,97,125)(H,98,116)(H,99,115)(H,100,123)(H,101,120)(H,102,126)(H,103,124)(H,104,114)(H,105,121)(H4,88,89,91)/t44-,45-,53-,54-,55-,56-,57?,58-,59-,60?,61-,62-,63-,64+,65-,66+/m0/s1. The molecule has 5 saturated heterocycles. The normalized spacial score (nSPS) is 26.6. The number of nitrogens with two attached hydrogens (primary N) is 4. The van der Waals surface area contributed by atoms with Gasteiger partial charge in [-0.25, -0.2) is 4.98 Å². The number of fused-ring (bicyclic) bond motifs is 8. The summed E-state index contributed by atoms with van der Waals surface area (Å²) >= 11 is 0. The van der Waals surface area contributed by atoms with Crippen LogP contribution in [0.2, 0.25) is 0 Å². The summed E-state index contributed by atoms with van der Waals surface area (Å²) in [6.07, 6.45) is 0.942. The maximum absolute atomic E-state index is 15.7. The highest BCUT2D eigenvalue weighted by Gasteiger charge is 2.47. The number of aromatic hydroxyl groups is 3. The highest BCUT2D eigenvalue weighted by Crippen LogP contribution is 2.29. The number of nitrogens with one attached hydrogen (secondary N) is 16. The number of phenolic OH excluding ortho intramolecular Hbond substituents is 3. The molecule has 0 aliphatic carbocycles. The van der Waals surface area contributed by atoms with E-state index in [9.17, 15) is 58.8 Å². The molecule has 28 N–H and O–H groups in total. The Hall–Kier alpha value is -12.9. The van der Waals surface area contributed by atoms with Crippen molar-refractivity contribution in [3.63, 3.8) is 0 Å². The highest BCUT2D eigenvalue weighted by molar-refractivity contribution is 8.76. The first-order valence-corrected chi connectivity index (χ1v) is 45.9. The Kier molecular flexibility index (Phi) is 38.7. The van der Waals surface area contributed by atoms with Crippen LogP contribution in [0.25, 0.3) is 0 Å². The minimum absolute atomic E-state index is 0.00297. The van der Waals surface area contributed by atoms with Crippen molar-refractivity contribution in [2.45, 2.75) is 226 Å². The van der Waals surface area contributed by atoms with E-state index in [2.05, 4.69) is 84.4 Å². The molecule has 712 valence electrons. The molecule has 45 nitrogen and oxygen atoms in total. The summed E-state index contributed by atoms with van der Waals surface area (Å²) in [5.74, 6) is -19.1. The predicted molar refractivity (Wildman–Crippen MR) is 475 cm³/mol. The lowest BCUT2D eigenvalue weighted by atomic mass is 10.0. The molecule has 17 amide bonds. The van der Waals surface area contributed by atoms with Gasteiger partial charge in [0.05, 0.1) is 12.9 Å². The van der Waals surface area contributed by atoms with Gasteiger partial charge >= 0.3 is 0 Å². The van der Waals surface area contributed by atoms with Crippen LogP contribution < -0.4 is 97.4 Å². The molecule has 3 aromatic carbocycles. The number of phenols is 3. The van der Waals surface area contributed by atoms with Crippen LogP contribution >= 0.6 is 21.6 Å². The number of aromatic amines is 1. The fourth-order valence-corrected chi connectivity index (χ4v) is 18.0. The Balaban J connectivity index is 1.17. The number of rotatable bonds is 22. The van der Waals surface area contributed by atoms with E-state index in [1.807, 2.05) is 0 Å². The van der Waals surface area contributed by atoms with E-state index >= 15 is 43.2 Å². The largest absolute Gasteiger partial charge is 0.508 e. The highest BCUT2D eigenvalue weighted by atomic mass is 33.1. The van der Waals surface area contributed by atoms with Crippen molar-refractivity contribution in [2.75, 3.05) is 57.4 Å². The van der Waals surface area contributed by atoms with Crippen molar-refractivity contribution in [2.24, 2.45) is 22.9 Å². The van der Waals surface area contributed by atoms with E-state index in [0.717, 1.165) is 26.5 Å². The van der Waals surface area contributed by atoms with Crippen molar-refractivity contribution in [3.05, 3.63) is 108 Å². The summed E-state index contributed by atoms with van der Waals surface area (Å²) in [4.78, 5) is 264. The molecule has 1 aromatic heterocycles. The summed E-state index contributed by atoms with van der Waals surface area (Å²) in [6, 6.07) is -9.41. The van der Waals surface area contributed by atoms with Gasteiger partial charge < -0.3 is 137 Å². The van der Waals surface area contributed by atoms with Crippen LogP contribution in [0.4, 0.5) is 0 Å². The van der Waals surface area contributed by atoms with Gasteiger partial charge in [-0.2, -0.15) is 0 Å². The van der Waals surface area contributed by atoms with Gasteiger partial charge in [0.25, 0.3) is 0 Å². The summed E-state index contributed by atoms with van der Waals surface area (Å²) in [6.45, 7) is 1.15. The smallest absolute Gasteiger partial charge is 0.246 e. The molecule has 9 rings (SSSR count). The Morgan fingerprint density at radius 2 is 0.802 bits per heavy atom. The van der Waals surface area contributed by atoms with Gasteiger partial charge in [0, 0.05) is 81.7 Å². The van der Waals surface area contributed by atoms with Gasteiger partial charge in [0.2, 0.25) is 100 Å². The third-order valence-corrected chi connectivity index (χ3v) is 25.3. The number of guanidine groups is 1. The fourth-order valence-electron chi connectivity index (χ4n) is 15.7. The van der Waals surface area contributed by atoms with Crippen LogP contribution in [0.15, 0.2) is 85.3 Å². The average Bonchev–Trinajstić information content (AvgIpc) is 1.67. The van der Waals surface area contributed by atoms with Crippen molar-refractivity contribution in [1.82, 2.24) is 99.1 Å². The third-order valence-electron chi connectivity index (χ3n) is 22.8. The monoisotopic (exact) mass is 1860 g/mol. The number of carbonyl (C=O) groups is 17. The van der Waals surface area contributed by atoms with Crippen molar-refractivity contribution < 1.29 is 102 Å². The first-order chi connectivity index (χ1) is 62.6. The number of H-pyrrole nitrogens is 1. The van der Waals surface area contributed by atoms with Crippen LogP contribution in [-0.4, -0.2) is 306 Å². The number of aliphatic hydroxyl groups is 1. The van der Waals surface area contributed by atoms with Gasteiger partial charge in [0.15, 0.2) is 5.96 Å². The number of hydrogen-bond acceptors (Lipinski definition) is 27. The number of benzene rings is 3. The zero-order valence-electron chi connectivity index (χ0n) is 72.6. The second-order valence-corrected chi connectivity index (χ2v) is 35.2. The number of hydrogen-bond donors (Lipinski definition) is 24. The summed E-state index contributed by atoms with van der Waals surface area (Å²) < 4.78 is 0. The minimum Gasteiger partial charge on any atom is -0.508 e. The van der Waals surface area contributed by atoms with E-state index in [0.29, 0.717) is 12.0 Å². The number of unbranched alkanes of at least 4 members (excludes halogenated alkanes) is 1. The van der Waals surface area contributed by atoms with Crippen LogP contribution in [0.3, 0.4) is 0 Å². The first-order valence-electron chi connectivity index (χ1n) is 43.4. The number of aliphatic hydroxyl groups excluding tert-OH is 1. The van der Waals surface area contributed by atoms with E-state index in [-0.39, 0.29) is 157 Å². The van der Waals surface area contributed by atoms with E-state index in [1.165, 1.54) is 109 Å². The topological polar surface area (TPSA) is 706 Å². The summed E-state index contributed by atoms with van der Waals surface area (Å²) in [5.41, 5.74) is 24.5.